The first-order valence-electron chi connectivity index (χ1n) is 5.47. The van der Waals surface area contributed by atoms with E-state index in [1.165, 1.54) is 11.3 Å². The summed E-state index contributed by atoms with van der Waals surface area (Å²) in [4.78, 5) is 16.2. The van der Waals surface area contributed by atoms with Crippen molar-refractivity contribution in [3.63, 3.8) is 0 Å². The van der Waals surface area contributed by atoms with E-state index in [1.54, 1.807) is 6.20 Å². The number of nitrogens with zero attached hydrogens (tertiary/aromatic N) is 1. The van der Waals surface area contributed by atoms with Crippen molar-refractivity contribution in [1.29, 1.82) is 0 Å². The Hall–Kier alpha value is -1.68. The Morgan fingerprint density at radius 2 is 2.12 bits per heavy atom. The molecule has 4 heteroatoms. The Morgan fingerprint density at radius 3 is 2.59 bits per heavy atom. The summed E-state index contributed by atoms with van der Waals surface area (Å²) in [6, 6.07) is 9.60. The van der Waals surface area contributed by atoms with E-state index < -0.39 is 5.41 Å². The summed E-state index contributed by atoms with van der Waals surface area (Å²) in [5.41, 5.74) is 5.74. The lowest BCUT2D eigenvalue weighted by Crippen LogP contribution is -2.41. The third-order valence-corrected chi connectivity index (χ3v) is 3.95. The lowest BCUT2D eigenvalue weighted by molar-refractivity contribution is -0.122. The number of hydrogen-bond acceptors (Lipinski definition) is 3. The zero-order valence-electron chi connectivity index (χ0n) is 9.59. The Morgan fingerprint density at radius 1 is 1.41 bits per heavy atom. The molecule has 0 radical (unpaired) electrons. The molecule has 0 aliphatic heterocycles. The van der Waals surface area contributed by atoms with E-state index in [9.17, 15) is 4.79 Å². The molecule has 17 heavy (non-hydrogen) atoms. The fraction of sp³-hybridized carbons (Fsp3) is 0.231. The van der Waals surface area contributed by atoms with Gasteiger partial charge < -0.3 is 5.73 Å². The Labute approximate surface area is 104 Å². The number of carbonyl (C=O) groups is 1. The van der Waals surface area contributed by atoms with Crippen LogP contribution in [0.1, 0.15) is 23.9 Å². The van der Waals surface area contributed by atoms with Gasteiger partial charge in [0.2, 0.25) is 5.91 Å². The second-order valence-electron chi connectivity index (χ2n) is 3.83. The summed E-state index contributed by atoms with van der Waals surface area (Å²) >= 11 is 1.47. The monoisotopic (exact) mass is 246 g/mol. The zero-order chi connectivity index (χ0) is 12.3. The first-order chi connectivity index (χ1) is 8.21. The molecule has 0 fully saturated rings. The molecule has 1 heterocycles. The van der Waals surface area contributed by atoms with Crippen molar-refractivity contribution < 1.29 is 4.79 Å². The second-order valence-corrected chi connectivity index (χ2v) is 4.72. The van der Waals surface area contributed by atoms with Gasteiger partial charge in [-0.15, -0.1) is 11.3 Å². The summed E-state index contributed by atoms with van der Waals surface area (Å²) in [5.74, 6) is -0.346. The van der Waals surface area contributed by atoms with Crippen LogP contribution < -0.4 is 5.73 Å². The third kappa shape index (κ3) is 1.85. The summed E-state index contributed by atoms with van der Waals surface area (Å²) < 4.78 is 0. The zero-order valence-corrected chi connectivity index (χ0v) is 10.4. The van der Waals surface area contributed by atoms with Crippen molar-refractivity contribution in [3.05, 3.63) is 52.5 Å². The standard InChI is InChI=1S/C13H14N2OS/c1-2-13(11(14)16,12-15-8-9-17-12)10-6-4-3-5-7-10/h3-9H,2H2,1H3,(H2,14,16). The van der Waals surface area contributed by atoms with Crippen molar-refractivity contribution in [2.75, 3.05) is 0 Å². The van der Waals surface area contributed by atoms with E-state index in [2.05, 4.69) is 4.98 Å². The van der Waals surface area contributed by atoms with Gasteiger partial charge in [-0.3, -0.25) is 4.79 Å². The Kier molecular flexibility index (Phi) is 3.24. The van der Waals surface area contributed by atoms with E-state index in [4.69, 9.17) is 5.73 Å². The van der Waals surface area contributed by atoms with Gasteiger partial charge in [-0.1, -0.05) is 37.3 Å². The van der Waals surface area contributed by atoms with Gasteiger partial charge in [0.05, 0.1) is 0 Å². The number of rotatable bonds is 4. The largest absolute Gasteiger partial charge is 0.369 e. The van der Waals surface area contributed by atoms with E-state index >= 15 is 0 Å². The minimum absolute atomic E-state index is 0.346. The van der Waals surface area contributed by atoms with Crippen LogP contribution in [-0.2, 0) is 10.2 Å². The average Bonchev–Trinajstić information content (AvgIpc) is 2.86. The summed E-state index contributed by atoms with van der Waals surface area (Å²) in [7, 11) is 0. The topological polar surface area (TPSA) is 56.0 Å². The molecule has 0 saturated heterocycles. The molecule has 1 atom stereocenters. The lowest BCUT2D eigenvalue weighted by Gasteiger charge is -2.27. The molecule has 2 N–H and O–H groups in total. The molecule has 88 valence electrons. The molecule has 0 saturated carbocycles. The summed E-state index contributed by atoms with van der Waals surface area (Å²) in [6.45, 7) is 1.96. The van der Waals surface area contributed by atoms with Crippen LogP contribution in [0.5, 0.6) is 0 Å². The number of aromatic nitrogens is 1. The van der Waals surface area contributed by atoms with Crippen molar-refractivity contribution in [1.82, 2.24) is 4.98 Å². The molecule has 0 aliphatic carbocycles. The first kappa shape index (κ1) is 11.8. The normalized spacial score (nSPS) is 14.2. The number of primary amides is 1. The van der Waals surface area contributed by atoms with Gasteiger partial charge in [0.15, 0.2) is 0 Å². The van der Waals surface area contributed by atoms with Crippen molar-refractivity contribution >= 4 is 17.2 Å². The van der Waals surface area contributed by atoms with Crippen molar-refractivity contribution in [2.45, 2.75) is 18.8 Å². The maximum atomic E-state index is 11.9. The lowest BCUT2D eigenvalue weighted by atomic mass is 9.78. The molecule has 1 aromatic heterocycles. The van der Waals surface area contributed by atoms with Crippen molar-refractivity contribution in [2.24, 2.45) is 5.73 Å². The molecule has 0 bridgehead atoms. The quantitative estimate of drug-likeness (QED) is 0.900. The van der Waals surface area contributed by atoms with Crippen LogP contribution in [0.15, 0.2) is 41.9 Å². The Balaban J connectivity index is 2.63. The molecule has 1 aromatic carbocycles. The number of nitrogens with two attached hydrogens (primary N) is 1. The van der Waals surface area contributed by atoms with Crippen LogP contribution in [0.4, 0.5) is 0 Å². The summed E-state index contributed by atoms with van der Waals surface area (Å²) in [6.07, 6.45) is 2.32. The minimum Gasteiger partial charge on any atom is -0.369 e. The minimum atomic E-state index is -0.796. The maximum Gasteiger partial charge on any atom is 0.235 e. The van der Waals surface area contributed by atoms with E-state index in [0.29, 0.717) is 6.42 Å². The molecule has 1 unspecified atom stereocenters. The van der Waals surface area contributed by atoms with E-state index in [0.717, 1.165) is 10.6 Å². The number of benzene rings is 1. The number of hydrogen-bond donors (Lipinski definition) is 1. The van der Waals surface area contributed by atoms with Gasteiger partial charge >= 0.3 is 0 Å². The average molecular weight is 246 g/mol. The maximum absolute atomic E-state index is 11.9. The molecule has 0 spiro atoms. The van der Waals surface area contributed by atoms with Gasteiger partial charge in [0.1, 0.15) is 10.4 Å². The highest BCUT2D eigenvalue weighted by Crippen LogP contribution is 2.36. The smallest absolute Gasteiger partial charge is 0.235 e. The number of amides is 1. The van der Waals surface area contributed by atoms with E-state index in [1.807, 2.05) is 42.6 Å². The first-order valence-corrected chi connectivity index (χ1v) is 6.35. The molecule has 2 rings (SSSR count). The number of carbonyl (C=O) groups excluding carboxylic acids is 1. The van der Waals surface area contributed by atoms with Crippen molar-refractivity contribution in [3.8, 4) is 0 Å². The molecule has 3 nitrogen and oxygen atoms in total. The van der Waals surface area contributed by atoms with Gasteiger partial charge in [-0.05, 0) is 12.0 Å². The van der Waals surface area contributed by atoms with Gasteiger partial charge in [-0.25, -0.2) is 4.98 Å². The van der Waals surface area contributed by atoms with E-state index in [-0.39, 0.29) is 5.91 Å². The summed E-state index contributed by atoms with van der Waals surface area (Å²) in [5, 5.41) is 2.63. The van der Waals surface area contributed by atoms with Gasteiger partial charge in [0, 0.05) is 11.6 Å². The van der Waals surface area contributed by atoms with Crippen LogP contribution in [0.3, 0.4) is 0 Å². The Bertz CT molecular complexity index is 495. The molecule has 1 amide bonds. The fourth-order valence-corrected chi connectivity index (χ4v) is 2.99. The highest BCUT2D eigenvalue weighted by molar-refractivity contribution is 7.09. The predicted molar refractivity (Wildman–Crippen MR) is 68.8 cm³/mol. The van der Waals surface area contributed by atoms with Gasteiger partial charge in [-0.2, -0.15) is 0 Å². The van der Waals surface area contributed by atoms with Crippen LogP contribution in [0.25, 0.3) is 0 Å². The highest BCUT2D eigenvalue weighted by Gasteiger charge is 2.40. The SMILES string of the molecule is CCC(C(N)=O)(c1ccccc1)c1nccs1. The van der Waals surface area contributed by atoms with Gasteiger partial charge in [0.25, 0.3) is 0 Å². The number of thiazole rings is 1. The predicted octanol–water partition coefficient (Wildman–Crippen LogP) is 2.32. The molecule has 2 aromatic rings. The molecule has 0 aliphatic rings. The fourth-order valence-electron chi connectivity index (χ4n) is 2.06. The third-order valence-electron chi connectivity index (χ3n) is 3.01. The molecular weight excluding hydrogens is 232 g/mol. The van der Waals surface area contributed by atoms with Crippen LogP contribution in [0.2, 0.25) is 0 Å². The van der Waals surface area contributed by atoms with Crippen LogP contribution >= 0.6 is 11.3 Å². The van der Waals surface area contributed by atoms with Crippen LogP contribution in [-0.4, -0.2) is 10.9 Å². The van der Waals surface area contributed by atoms with Crippen LogP contribution in [0, 0.1) is 0 Å². The molecular formula is C13H14N2OS. The highest BCUT2D eigenvalue weighted by atomic mass is 32.1. The second kappa shape index (κ2) is 4.67.